The summed E-state index contributed by atoms with van der Waals surface area (Å²) in [6.07, 6.45) is 2.09. The summed E-state index contributed by atoms with van der Waals surface area (Å²) in [5, 5.41) is 2.77. The first kappa shape index (κ1) is 16.4. The molecule has 0 spiro atoms. The third kappa shape index (κ3) is 4.10. The van der Waals surface area contributed by atoms with Crippen LogP contribution >= 0.6 is 0 Å². The summed E-state index contributed by atoms with van der Waals surface area (Å²) in [5.41, 5.74) is 1.19. The van der Waals surface area contributed by atoms with E-state index in [0.717, 1.165) is 32.5 Å². The number of likely N-dealkylation sites (tertiary alicyclic amines) is 1. The lowest BCUT2D eigenvalue weighted by Crippen LogP contribution is -2.53. The quantitative estimate of drug-likeness (QED) is 0.806. The Morgan fingerprint density at radius 3 is 3.00 bits per heavy atom. The molecule has 0 saturated carbocycles. The van der Waals surface area contributed by atoms with E-state index < -0.39 is 0 Å². The Labute approximate surface area is 137 Å². The Hall–Kier alpha value is -1.43. The molecule has 3 atom stereocenters. The third-order valence-corrected chi connectivity index (χ3v) is 4.87. The predicted molar refractivity (Wildman–Crippen MR) is 88.0 cm³/mol. The number of benzene rings is 1. The summed E-state index contributed by atoms with van der Waals surface area (Å²) in [6.45, 7) is 3.78. The van der Waals surface area contributed by atoms with Gasteiger partial charge in [0.1, 0.15) is 0 Å². The van der Waals surface area contributed by atoms with Crippen LogP contribution in [0.15, 0.2) is 30.3 Å². The first-order valence-electron chi connectivity index (χ1n) is 8.47. The van der Waals surface area contributed by atoms with Gasteiger partial charge in [-0.25, -0.2) is 0 Å². The highest BCUT2D eigenvalue weighted by atomic mass is 16.5. The van der Waals surface area contributed by atoms with Gasteiger partial charge >= 0.3 is 0 Å². The van der Waals surface area contributed by atoms with Crippen LogP contribution in [0.1, 0.15) is 18.4 Å². The van der Waals surface area contributed by atoms with Crippen LogP contribution in [0.4, 0.5) is 0 Å². The molecule has 2 heterocycles. The molecule has 2 fully saturated rings. The summed E-state index contributed by atoms with van der Waals surface area (Å²) in [4.78, 5) is 14.4. The van der Waals surface area contributed by atoms with Crippen LogP contribution in [0.5, 0.6) is 0 Å². The summed E-state index contributed by atoms with van der Waals surface area (Å²) in [6, 6.07) is 10.6. The number of rotatable bonds is 6. The Morgan fingerprint density at radius 1 is 1.39 bits per heavy atom. The molecule has 126 valence electrons. The standard InChI is InChI=1S/C18H26N2O3/c1-19-18(21)15-11-17-16(7-9-23-17)20(12-15)8-10-22-13-14-5-3-2-4-6-14/h2-6,15-17H,7-13H2,1H3,(H,19,21)/t15-,16+,17+/m0/s1. The van der Waals surface area contributed by atoms with Crippen molar-refractivity contribution in [3.05, 3.63) is 35.9 Å². The molecule has 2 aliphatic rings. The van der Waals surface area contributed by atoms with Crippen molar-refractivity contribution in [3.8, 4) is 0 Å². The molecule has 23 heavy (non-hydrogen) atoms. The maximum absolute atomic E-state index is 12.0. The summed E-state index contributed by atoms with van der Waals surface area (Å²) < 4.78 is 11.6. The molecular weight excluding hydrogens is 292 g/mol. The molecule has 0 radical (unpaired) electrons. The Bertz CT molecular complexity index is 508. The van der Waals surface area contributed by atoms with Crippen LogP contribution in [0.2, 0.25) is 0 Å². The fourth-order valence-electron chi connectivity index (χ4n) is 3.65. The molecule has 0 aliphatic carbocycles. The van der Waals surface area contributed by atoms with E-state index in [2.05, 4.69) is 22.3 Å². The topological polar surface area (TPSA) is 50.8 Å². The molecule has 0 aromatic heterocycles. The van der Waals surface area contributed by atoms with Crippen molar-refractivity contribution >= 4 is 5.91 Å². The molecule has 0 unspecified atom stereocenters. The van der Waals surface area contributed by atoms with Crippen molar-refractivity contribution in [2.24, 2.45) is 5.92 Å². The van der Waals surface area contributed by atoms with Gasteiger partial charge in [0.25, 0.3) is 0 Å². The summed E-state index contributed by atoms with van der Waals surface area (Å²) >= 11 is 0. The monoisotopic (exact) mass is 318 g/mol. The second kappa shape index (κ2) is 7.90. The van der Waals surface area contributed by atoms with Gasteiger partial charge in [-0.05, 0) is 18.4 Å². The highest BCUT2D eigenvalue weighted by Gasteiger charge is 2.41. The first-order valence-corrected chi connectivity index (χ1v) is 8.47. The van der Waals surface area contributed by atoms with E-state index in [1.54, 1.807) is 7.05 Å². The van der Waals surface area contributed by atoms with E-state index in [1.165, 1.54) is 5.56 Å². The number of amides is 1. The minimum atomic E-state index is 0.0217. The molecule has 2 saturated heterocycles. The lowest BCUT2D eigenvalue weighted by atomic mass is 9.89. The van der Waals surface area contributed by atoms with Crippen molar-refractivity contribution in [3.63, 3.8) is 0 Å². The number of carbonyl (C=O) groups is 1. The summed E-state index contributed by atoms with van der Waals surface area (Å²) in [5.74, 6) is 0.141. The number of hydrogen-bond donors (Lipinski definition) is 1. The SMILES string of the molecule is CNC(=O)[C@H]1C[C@H]2OCC[C@H]2N(CCOCc2ccccc2)C1. The van der Waals surface area contributed by atoms with Crippen LogP contribution < -0.4 is 5.32 Å². The zero-order chi connectivity index (χ0) is 16.1. The van der Waals surface area contributed by atoms with E-state index in [-0.39, 0.29) is 17.9 Å². The number of carbonyl (C=O) groups excluding carboxylic acids is 1. The molecule has 2 aliphatic heterocycles. The highest BCUT2D eigenvalue weighted by Crippen LogP contribution is 2.31. The number of fused-ring (bicyclic) bond motifs is 1. The second-order valence-electron chi connectivity index (χ2n) is 6.35. The van der Waals surface area contributed by atoms with E-state index in [1.807, 2.05) is 18.2 Å². The minimum Gasteiger partial charge on any atom is -0.377 e. The van der Waals surface area contributed by atoms with Crippen LogP contribution in [-0.4, -0.2) is 56.3 Å². The minimum absolute atomic E-state index is 0.0217. The number of piperidine rings is 1. The van der Waals surface area contributed by atoms with E-state index >= 15 is 0 Å². The largest absolute Gasteiger partial charge is 0.377 e. The lowest BCUT2D eigenvalue weighted by molar-refractivity contribution is -0.129. The maximum Gasteiger partial charge on any atom is 0.224 e. The molecule has 5 heteroatoms. The lowest BCUT2D eigenvalue weighted by Gasteiger charge is -2.40. The molecule has 3 rings (SSSR count). The normalized spacial score (nSPS) is 27.6. The van der Waals surface area contributed by atoms with E-state index in [4.69, 9.17) is 9.47 Å². The van der Waals surface area contributed by atoms with E-state index in [0.29, 0.717) is 19.3 Å². The predicted octanol–water partition coefficient (Wildman–Crippen LogP) is 1.43. The average Bonchev–Trinajstić information content (AvgIpc) is 3.07. The fourth-order valence-corrected chi connectivity index (χ4v) is 3.65. The molecule has 1 aromatic carbocycles. The second-order valence-corrected chi connectivity index (χ2v) is 6.35. The Morgan fingerprint density at radius 2 is 2.22 bits per heavy atom. The zero-order valence-electron chi connectivity index (χ0n) is 13.7. The number of nitrogens with one attached hydrogen (secondary N) is 1. The van der Waals surface area contributed by atoms with Crippen LogP contribution in [-0.2, 0) is 20.9 Å². The van der Waals surface area contributed by atoms with Crippen molar-refractivity contribution in [2.75, 3.05) is 33.4 Å². The number of ether oxygens (including phenoxy) is 2. The molecule has 1 N–H and O–H groups in total. The van der Waals surface area contributed by atoms with Gasteiger partial charge in [-0.3, -0.25) is 9.69 Å². The summed E-state index contributed by atoms with van der Waals surface area (Å²) in [7, 11) is 1.71. The Kier molecular flexibility index (Phi) is 5.65. The molecule has 5 nitrogen and oxygen atoms in total. The van der Waals surface area contributed by atoms with Gasteiger partial charge in [0, 0.05) is 32.8 Å². The van der Waals surface area contributed by atoms with Crippen molar-refractivity contribution < 1.29 is 14.3 Å². The molecule has 1 aromatic rings. The third-order valence-electron chi connectivity index (χ3n) is 4.87. The van der Waals surface area contributed by atoms with Crippen LogP contribution in [0.25, 0.3) is 0 Å². The first-order chi connectivity index (χ1) is 11.3. The smallest absolute Gasteiger partial charge is 0.224 e. The number of hydrogen-bond acceptors (Lipinski definition) is 4. The van der Waals surface area contributed by atoms with Gasteiger partial charge in [-0.15, -0.1) is 0 Å². The molecular formula is C18H26N2O3. The molecule has 1 amide bonds. The van der Waals surface area contributed by atoms with Gasteiger partial charge in [0.15, 0.2) is 0 Å². The van der Waals surface area contributed by atoms with Crippen LogP contribution in [0.3, 0.4) is 0 Å². The van der Waals surface area contributed by atoms with Gasteiger partial charge in [0.2, 0.25) is 5.91 Å². The highest BCUT2D eigenvalue weighted by molar-refractivity contribution is 5.78. The van der Waals surface area contributed by atoms with Gasteiger partial charge in [0.05, 0.1) is 25.2 Å². The average molecular weight is 318 g/mol. The van der Waals surface area contributed by atoms with Crippen LogP contribution in [0, 0.1) is 5.92 Å². The van der Waals surface area contributed by atoms with Crippen molar-refractivity contribution in [1.29, 1.82) is 0 Å². The van der Waals surface area contributed by atoms with E-state index in [9.17, 15) is 4.79 Å². The number of nitrogens with zero attached hydrogens (tertiary/aromatic N) is 1. The van der Waals surface area contributed by atoms with Gasteiger partial charge in [-0.1, -0.05) is 30.3 Å². The fraction of sp³-hybridized carbons (Fsp3) is 0.611. The Balaban J connectivity index is 1.49. The maximum atomic E-state index is 12.0. The van der Waals surface area contributed by atoms with Gasteiger partial charge < -0.3 is 14.8 Å². The van der Waals surface area contributed by atoms with Crippen molar-refractivity contribution in [1.82, 2.24) is 10.2 Å². The zero-order valence-corrected chi connectivity index (χ0v) is 13.7. The molecule has 0 bridgehead atoms. The van der Waals surface area contributed by atoms with Crippen molar-refractivity contribution in [2.45, 2.75) is 31.6 Å². The van der Waals surface area contributed by atoms with Gasteiger partial charge in [-0.2, -0.15) is 0 Å².